The fraction of sp³-hybridized carbons (Fsp3) is 0.0536. The van der Waals surface area contributed by atoms with Crippen molar-refractivity contribution in [1.29, 1.82) is 0 Å². The molecule has 0 radical (unpaired) electrons. The van der Waals surface area contributed by atoms with Crippen LogP contribution in [-0.4, -0.2) is 17.9 Å². The Balaban J connectivity index is 0.986. The van der Waals surface area contributed by atoms with Gasteiger partial charge in [0.05, 0.1) is 66.5 Å². The van der Waals surface area contributed by atoms with Gasteiger partial charge in [-0.25, -0.2) is 0 Å². The number of para-hydroxylation sites is 6. The van der Waals surface area contributed by atoms with Crippen LogP contribution in [0.2, 0.25) is 30.1 Å². The second-order valence-corrected chi connectivity index (χ2v) is 18.2. The van der Waals surface area contributed by atoms with Gasteiger partial charge in [-0.15, -0.1) is 0 Å². The van der Waals surface area contributed by atoms with E-state index in [1.54, 1.807) is 133 Å². The molecule has 3 N–H and O–H groups in total. The summed E-state index contributed by atoms with van der Waals surface area (Å²) in [5, 5.41) is 12.2. The summed E-state index contributed by atoms with van der Waals surface area (Å²) in [6, 6.07) is 48.9. The zero-order chi connectivity index (χ0) is 49.9. The van der Waals surface area contributed by atoms with E-state index in [0.29, 0.717) is 92.3 Å². The van der Waals surface area contributed by atoms with Gasteiger partial charge in [-0.2, -0.15) is 0 Å². The summed E-state index contributed by atoms with van der Waals surface area (Å²) in [6.07, 6.45) is 3.30. The highest BCUT2D eigenvalue weighted by molar-refractivity contribution is 6.40. The predicted molar refractivity (Wildman–Crippen MR) is 288 cm³/mol. The second-order valence-electron chi connectivity index (χ2n) is 15.7. The van der Waals surface area contributed by atoms with Crippen molar-refractivity contribution in [1.82, 2.24) is 0 Å². The zero-order valence-electron chi connectivity index (χ0n) is 37.2. The largest absolute Gasteiger partial charge is 0.426 e. The molecule has 0 aliphatic carbocycles. The molecule has 0 heterocycles. The van der Waals surface area contributed by atoms with E-state index in [4.69, 9.17) is 83.8 Å². The lowest BCUT2D eigenvalue weighted by Crippen LogP contribution is -2.14. The first-order valence-corrected chi connectivity index (χ1v) is 24.0. The van der Waals surface area contributed by atoms with Crippen molar-refractivity contribution in [2.24, 2.45) is 0 Å². The summed E-state index contributed by atoms with van der Waals surface area (Å²) in [5.74, 6) is -1.05. The molecule has 8 rings (SSSR count). The van der Waals surface area contributed by atoms with Crippen molar-refractivity contribution in [3.05, 3.63) is 228 Å². The van der Waals surface area contributed by atoms with Gasteiger partial charge in [-0.3, -0.25) is 14.4 Å². The van der Waals surface area contributed by atoms with Gasteiger partial charge in [0, 0.05) is 23.1 Å². The van der Waals surface area contributed by atoms with Gasteiger partial charge >= 0.3 is 17.9 Å². The SMILES string of the molecule is O=C(Cc1ccccc1Nc1c(Cl)cccc1Cl)Oc1ccc(/C=C/c2cc(OC(=O)Cc3ccccc3Nc3c(Cl)cccc3Cl)cc(OC(=O)Cc3ccccc3Nc3c(Cl)cccc3Cl)c2)cc1. The van der Waals surface area contributed by atoms with Gasteiger partial charge in [0.2, 0.25) is 0 Å². The van der Waals surface area contributed by atoms with E-state index >= 15 is 0 Å². The van der Waals surface area contributed by atoms with E-state index in [-0.39, 0.29) is 30.8 Å². The number of halogens is 6. The molecule has 0 spiro atoms. The molecule has 0 amide bonds. The van der Waals surface area contributed by atoms with Gasteiger partial charge < -0.3 is 30.2 Å². The third-order valence-corrected chi connectivity index (χ3v) is 12.6. The number of hydrogen-bond donors (Lipinski definition) is 3. The lowest BCUT2D eigenvalue weighted by molar-refractivity contribution is -0.134. The Kier molecular flexibility index (Phi) is 16.9. The number of hydrogen-bond acceptors (Lipinski definition) is 9. The molecule has 0 saturated carbocycles. The van der Waals surface area contributed by atoms with Gasteiger partial charge in [-0.05, 0) is 107 Å². The predicted octanol–water partition coefficient (Wildman–Crippen LogP) is 16.5. The summed E-state index contributed by atoms with van der Waals surface area (Å²) in [6.45, 7) is 0. The lowest BCUT2D eigenvalue weighted by atomic mass is 10.1. The summed E-state index contributed by atoms with van der Waals surface area (Å²) in [4.78, 5) is 40.4. The maximum atomic E-state index is 13.6. The normalized spacial score (nSPS) is 11.0. The monoisotopic (exact) mass is 1060 g/mol. The Hall–Kier alpha value is -6.95. The van der Waals surface area contributed by atoms with Crippen LogP contribution in [0.25, 0.3) is 12.2 Å². The maximum Gasteiger partial charge on any atom is 0.315 e. The first-order valence-electron chi connectivity index (χ1n) is 21.8. The van der Waals surface area contributed by atoms with E-state index in [2.05, 4.69) is 16.0 Å². The minimum absolute atomic E-state index is 0.0254. The van der Waals surface area contributed by atoms with E-state index in [0.717, 1.165) is 5.56 Å². The molecule has 0 atom stereocenters. The van der Waals surface area contributed by atoms with Crippen LogP contribution in [0.15, 0.2) is 170 Å². The standard InChI is InChI=1S/C56H39Cl6N3O6/c57-42-13-7-14-43(58)54(42)63-48-19-4-1-10-36(48)30-51(66)69-39-26-24-34(25-27-39)22-23-35-28-40(70-52(67)31-37-11-2-5-20-49(37)64-55-44(59)15-8-16-45(55)60)33-41(29-35)71-53(68)32-38-12-3-6-21-50(38)65-56-46(61)17-9-18-47(56)62/h1-29,33,63-65H,30-32H2/b23-22+. The molecular weight excluding hydrogens is 1020 g/mol. The smallest absolute Gasteiger partial charge is 0.315 e. The van der Waals surface area contributed by atoms with E-state index in [1.807, 2.05) is 42.5 Å². The van der Waals surface area contributed by atoms with Crippen molar-refractivity contribution in [3.8, 4) is 17.2 Å². The number of carbonyl (C=O) groups excluding carboxylic acids is 3. The lowest BCUT2D eigenvalue weighted by Gasteiger charge is -2.15. The fourth-order valence-electron chi connectivity index (χ4n) is 7.26. The fourth-order valence-corrected chi connectivity index (χ4v) is 8.74. The molecule has 0 aromatic heterocycles. The van der Waals surface area contributed by atoms with Crippen molar-refractivity contribution in [2.45, 2.75) is 19.3 Å². The molecule has 8 aromatic carbocycles. The third-order valence-electron chi connectivity index (χ3n) is 10.7. The van der Waals surface area contributed by atoms with Gasteiger partial charge in [0.15, 0.2) is 0 Å². The van der Waals surface area contributed by atoms with Crippen molar-refractivity contribution in [3.63, 3.8) is 0 Å². The molecule has 0 aliphatic heterocycles. The number of nitrogens with one attached hydrogen (secondary N) is 3. The molecule has 8 aromatic rings. The number of esters is 3. The molecule has 71 heavy (non-hydrogen) atoms. The highest BCUT2D eigenvalue weighted by atomic mass is 35.5. The number of carbonyl (C=O) groups is 3. The Morgan fingerprint density at radius 1 is 0.352 bits per heavy atom. The van der Waals surface area contributed by atoms with Crippen molar-refractivity contribution < 1.29 is 28.6 Å². The summed E-state index contributed by atoms with van der Waals surface area (Å²) in [5.41, 5.74) is 6.63. The van der Waals surface area contributed by atoms with Gasteiger partial charge in [0.25, 0.3) is 0 Å². The number of ether oxygens (including phenoxy) is 3. The van der Waals surface area contributed by atoms with Gasteiger partial charge in [-0.1, -0.05) is 167 Å². The molecular formula is C56H39Cl6N3O6. The highest BCUT2D eigenvalue weighted by Crippen LogP contribution is 2.37. The van der Waals surface area contributed by atoms with E-state index in [9.17, 15) is 14.4 Å². The Bertz CT molecular complexity index is 3100. The molecule has 0 saturated heterocycles. The van der Waals surface area contributed by atoms with Crippen LogP contribution in [0, 0.1) is 0 Å². The Morgan fingerprint density at radius 2 is 0.662 bits per heavy atom. The average molecular weight is 1060 g/mol. The van der Waals surface area contributed by atoms with Crippen molar-refractivity contribution in [2.75, 3.05) is 16.0 Å². The average Bonchev–Trinajstić information content (AvgIpc) is 3.34. The first-order chi connectivity index (χ1) is 34.3. The van der Waals surface area contributed by atoms with E-state index < -0.39 is 17.9 Å². The highest BCUT2D eigenvalue weighted by Gasteiger charge is 2.18. The Labute approximate surface area is 439 Å². The quantitative estimate of drug-likeness (QED) is 0.0466. The zero-order valence-corrected chi connectivity index (χ0v) is 41.7. The number of benzene rings is 8. The van der Waals surface area contributed by atoms with Crippen LogP contribution in [0.1, 0.15) is 27.8 Å². The molecule has 0 fully saturated rings. The van der Waals surface area contributed by atoms with E-state index in [1.165, 1.54) is 6.07 Å². The molecule has 15 heteroatoms. The minimum Gasteiger partial charge on any atom is -0.426 e. The first kappa shape index (κ1) is 50.4. The minimum atomic E-state index is -0.587. The van der Waals surface area contributed by atoms with Crippen LogP contribution in [0.4, 0.5) is 34.1 Å². The van der Waals surface area contributed by atoms with Crippen LogP contribution >= 0.6 is 69.6 Å². The third kappa shape index (κ3) is 13.7. The summed E-state index contributed by atoms with van der Waals surface area (Å²) >= 11 is 38.5. The Morgan fingerprint density at radius 3 is 1.01 bits per heavy atom. The van der Waals surface area contributed by atoms with Crippen LogP contribution in [0.3, 0.4) is 0 Å². The van der Waals surface area contributed by atoms with Crippen LogP contribution in [-0.2, 0) is 33.6 Å². The molecule has 0 unspecified atom stereocenters. The molecule has 0 bridgehead atoms. The maximum absolute atomic E-state index is 13.6. The topological polar surface area (TPSA) is 115 Å². The van der Waals surface area contributed by atoms with Crippen molar-refractivity contribution >= 4 is 134 Å². The molecule has 9 nitrogen and oxygen atoms in total. The molecule has 356 valence electrons. The van der Waals surface area contributed by atoms with Gasteiger partial charge in [0.1, 0.15) is 17.2 Å². The van der Waals surface area contributed by atoms with Crippen LogP contribution < -0.4 is 30.2 Å². The molecule has 0 aliphatic rings. The number of rotatable bonds is 17. The second kappa shape index (κ2) is 23.8. The summed E-state index contributed by atoms with van der Waals surface area (Å²) in [7, 11) is 0. The van der Waals surface area contributed by atoms with Crippen LogP contribution in [0.5, 0.6) is 17.2 Å². The summed E-state index contributed by atoms with van der Waals surface area (Å²) < 4.78 is 17.5. The number of anilines is 6.